The summed E-state index contributed by atoms with van der Waals surface area (Å²) >= 11 is 5.87. The van der Waals surface area contributed by atoms with E-state index in [1.165, 1.54) is 0 Å². The van der Waals surface area contributed by atoms with Gasteiger partial charge < -0.3 is 15.4 Å². The van der Waals surface area contributed by atoms with Crippen molar-refractivity contribution < 1.29 is 14.3 Å². The Morgan fingerprint density at radius 3 is 2.43 bits per heavy atom. The number of aryl methyl sites for hydroxylation is 1. The number of ether oxygens (including phenoxy) is 1. The van der Waals surface area contributed by atoms with Gasteiger partial charge in [0.05, 0.1) is 0 Å². The molecule has 6 heteroatoms. The normalized spacial score (nSPS) is 11.0. The van der Waals surface area contributed by atoms with Crippen molar-refractivity contribution in [2.75, 3.05) is 19.7 Å². The van der Waals surface area contributed by atoms with Gasteiger partial charge in [-0.05, 0) is 42.2 Å². The Morgan fingerprint density at radius 2 is 1.75 bits per heavy atom. The molecule has 5 nitrogen and oxygen atoms in total. The van der Waals surface area contributed by atoms with Gasteiger partial charge in [0.25, 0.3) is 11.8 Å². The fourth-order valence-corrected chi connectivity index (χ4v) is 2.85. The average molecular weight is 403 g/mol. The summed E-state index contributed by atoms with van der Waals surface area (Å²) in [6.07, 6.45) is 0. The third-order valence-corrected chi connectivity index (χ3v) is 4.36. The molecule has 0 bridgehead atoms. The summed E-state index contributed by atoms with van der Waals surface area (Å²) in [5.74, 6) is 0.238. The number of carbonyl (C=O) groups is 2. The summed E-state index contributed by atoms with van der Waals surface area (Å²) in [6, 6.07) is 12.6. The first-order valence-electron chi connectivity index (χ1n) is 9.21. The minimum Gasteiger partial charge on any atom is -0.483 e. The second-order valence-electron chi connectivity index (χ2n) is 7.65. The van der Waals surface area contributed by atoms with Crippen molar-refractivity contribution in [2.45, 2.75) is 33.1 Å². The molecular formula is C22H27ClN2O3. The Kier molecular flexibility index (Phi) is 7.46. The van der Waals surface area contributed by atoms with E-state index in [1.807, 2.05) is 19.1 Å². The van der Waals surface area contributed by atoms with Crippen molar-refractivity contribution >= 4 is 23.4 Å². The van der Waals surface area contributed by atoms with Crippen molar-refractivity contribution in [3.63, 3.8) is 0 Å². The van der Waals surface area contributed by atoms with Crippen molar-refractivity contribution in [3.05, 3.63) is 64.2 Å². The Bertz CT molecular complexity index is 844. The van der Waals surface area contributed by atoms with Crippen LogP contribution in [0.2, 0.25) is 5.02 Å². The molecule has 2 N–H and O–H groups in total. The van der Waals surface area contributed by atoms with Crippen LogP contribution in [0.3, 0.4) is 0 Å². The van der Waals surface area contributed by atoms with E-state index in [0.717, 1.165) is 11.1 Å². The predicted molar refractivity (Wildman–Crippen MR) is 112 cm³/mol. The zero-order valence-corrected chi connectivity index (χ0v) is 17.5. The van der Waals surface area contributed by atoms with Crippen LogP contribution in [-0.2, 0) is 10.2 Å². The number of hydrogen-bond donors (Lipinski definition) is 2. The largest absolute Gasteiger partial charge is 0.483 e. The molecule has 0 aliphatic carbocycles. The molecule has 0 aromatic heterocycles. The maximum Gasteiger partial charge on any atom is 0.258 e. The van der Waals surface area contributed by atoms with Crippen molar-refractivity contribution in [3.8, 4) is 5.75 Å². The Labute approximate surface area is 171 Å². The predicted octanol–water partition coefficient (Wildman–Crippen LogP) is 3.87. The number of benzene rings is 2. The lowest BCUT2D eigenvalue weighted by molar-refractivity contribution is -0.123. The fourth-order valence-electron chi connectivity index (χ4n) is 2.66. The molecule has 150 valence electrons. The summed E-state index contributed by atoms with van der Waals surface area (Å²) in [7, 11) is 0. The highest BCUT2D eigenvalue weighted by molar-refractivity contribution is 6.30. The van der Waals surface area contributed by atoms with Crippen molar-refractivity contribution in [1.82, 2.24) is 10.6 Å². The van der Waals surface area contributed by atoms with Crippen LogP contribution in [0.4, 0.5) is 0 Å². The van der Waals surface area contributed by atoms with Crippen molar-refractivity contribution in [2.24, 2.45) is 0 Å². The monoisotopic (exact) mass is 402 g/mol. The number of halogens is 1. The van der Waals surface area contributed by atoms with Gasteiger partial charge in [0, 0.05) is 23.7 Å². The molecule has 0 heterocycles. The van der Waals surface area contributed by atoms with Gasteiger partial charge in [-0.3, -0.25) is 9.59 Å². The third kappa shape index (κ3) is 6.57. The zero-order valence-electron chi connectivity index (χ0n) is 16.8. The van der Waals surface area contributed by atoms with Gasteiger partial charge >= 0.3 is 0 Å². The topological polar surface area (TPSA) is 67.4 Å². The smallest absolute Gasteiger partial charge is 0.258 e. The van der Waals surface area contributed by atoms with E-state index >= 15 is 0 Å². The molecule has 0 atom stereocenters. The van der Waals surface area contributed by atoms with E-state index in [2.05, 4.69) is 37.5 Å². The lowest BCUT2D eigenvalue weighted by atomic mass is 9.85. The fraction of sp³-hybridized carbons (Fsp3) is 0.364. The molecule has 0 saturated carbocycles. The van der Waals surface area contributed by atoms with Gasteiger partial charge in [-0.15, -0.1) is 0 Å². The van der Waals surface area contributed by atoms with Crippen LogP contribution >= 0.6 is 11.6 Å². The Balaban J connectivity index is 1.77. The van der Waals surface area contributed by atoms with Gasteiger partial charge in [0.1, 0.15) is 5.75 Å². The lowest BCUT2D eigenvalue weighted by Crippen LogP contribution is -2.36. The van der Waals surface area contributed by atoms with Crippen LogP contribution in [0.5, 0.6) is 5.75 Å². The van der Waals surface area contributed by atoms with E-state index < -0.39 is 0 Å². The standard InChI is InChI=1S/C22H27ClN2O3/c1-15-8-9-19(18(12-15)22(2,3)4)28-14-20(26)24-10-11-25-21(27)16-6-5-7-17(23)13-16/h5-9,12-13H,10-11,14H2,1-4H3,(H,24,26)(H,25,27). The number of amides is 2. The molecule has 0 aliphatic heterocycles. The Morgan fingerprint density at radius 1 is 1.04 bits per heavy atom. The molecule has 2 amide bonds. The summed E-state index contributed by atoms with van der Waals surface area (Å²) in [4.78, 5) is 24.0. The van der Waals surface area contributed by atoms with Crippen LogP contribution in [0.1, 0.15) is 42.3 Å². The summed E-state index contributed by atoms with van der Waals surface area (Å²) in [5.41, 5.74) is 2.62. The third-order valence-electron chi connectivity index (χ3n) is 4.12. The highest BCUT2D eigenvalue weighted by atomic mass is 35.5. The SMILES string of the molecule is Cc1ccc(OCC(=O)NCCNC(=O)c2cccc(Cl)c2)c(C(C)(C)C)c1. The van der Waals surface area contributed by atoms with E-state index in [9.17, 15) is 9.59 Å². The number of nitrogens with one attached hydrogen (secondary N) is 2. The molecule has 0 aliphatic rings. The van der Waals surface area contributed by atoms with Gasteiger partial charge in [-0.1, -0.05) is 56.1 Å². The highest BCUT2D eigenvalue weighted by Crippen LogP contribution is 2.32. The second-order valence-corrected chi connectivity index (χ2v) is 8.09. The molecule has 0 fully saturated rings. The second kappa shape index (κ2) is 9.60. The molecule has 0 unspecified atom stereocenters. The minimum absolute atomic E-state index is 0.0750. The first-order valence-corrected chi connectivity index (χ1v) is 9.59. The maximum atomic E-state index is 12.0. The number of rotatable bonds is 7. The molecule has 0 radical (unpaired) electrons. The van der Waals surface area contributed by atoms with Crippen LogP contribution in [0, 0.1) is 6.92 Å². The van der Waals surface area contributed by atoms with Crippen LogP contribution < -0.4 is 15.4 Å². The summed E-state index contributed by atoms with van der Waals surface area (Å²) < 4.78 is 5.73. The molecule has 0 saturated heterocycles. The molecule has 28 heavy (non-hydrogen) atoms. The first kappa shape index (κ1) is 21.8. The van der Waals surface area contributed by atoms with Crippen LogP contribution in [0.25, 0.3) is 0 Å². The quantitative estimate of drug-likeness (QED) is 0.691. The molecule has 2 aromatic rings. The minimum atomic E-state index is -0.238. The zero-order chi connectivity index (χ0) is 20.7. The van der Waals surface area contributed by atoms with Gasteiger partial charge in [0.2, 0.25) is 0 Å². The van der Waals surface area contributed by atoms with E-state index in [4.69, 9.17) is 16.3 Å². The Hall–Kier alpha value is -2.53. The van der Waals surface area contributed by atoms with Crippen LogP contribution in [-0.4, -0.2) is 31.5 Å². The van der Waals surface area contributed by atoms with E-state index in [-0.39, 0.29) is 23.8 Å². The summed E-state index contributed by atoms with van der Waals surface area (Å²) in [6.45, 7) is 8.91. The van der Waals surface area contributed by atoms with Gasteiger partial charge in [-0.25, -0.2) is 0 Å². The lowest BCUT2D eigenvalue weighted by Gasteiger charge is -2.23. The molecular weight excluding hydrogens is 376 g/mol. The first-order chi connectivity index (χ1) is 13.2. The highest BCUT2D eigenvalue weighted by Gasteiger charge is 2.19. The molecule has 2 aromatic carbocycles. The molecule has 2 rings (SSSR count). The number of hydrogen-bond acceptors (Lipinski definition) is 3. The van der Waals surface area contributed by atoms with E-state index in [1.54, 1.807) is 24.3 Å². The van der Waals surface area contributed by atoms with Gasteiger partial charge in [0.15, 0.2) is 6.61 Å². The average Bonchev–Trinajstić information content (AvgIpc) is 2.63. The molecule has 0 spiro atoms. The number of carbonyl (C=O) groups excluding carboxylic acids is 2. The van der Waals surface area contributed by atoms with Crippen molar-refractivity contribution in [1.29, 1.82) is 0 Å². The van der Waals surface area contributed by atoms with Crippen LogP contribution in [0.15, 0.2) is 42.5 Å². The van der Waals surface area contributed by atoms with Gasteiger partial charge in [-0.2, -0.15) is 0 Å². The van der Waals surface area contributed by atoms with E-state index in [0.29, 0.717) is 29.4 Å². The summed E-state index contributed by atoms with van der Waals surface area (Å²) in [5, 5.41) is 5.98. The maximum absolute atomic E-state index is 12.0.